The fourth-order valence-electron chi connectivity index (χ4n) is 2.85. The van der Waals surface area contributed by atoms with E-state index in [1.54, 1.807) is 12.1 Å². The molecule has 1 aliphatic heterocycles. The number of hydrogen-bond acceptors (Lipinski definition) is 5. The molecule has 2 amide bonds. The van der Waals surface area contributed by atoms with Crippen LogP contribution in [0.25, 0.3) is 0 Å². The van der Waals surface area contributed by atoms with Gasteiger partial charge >= 0.3 is 0 Å². The van der Waals surface area contributed by atoms with Crippen LogP contribution in [0.1, 0.15) is 18.1 Å². The van der Waals surface area contributed by atoms with Crippen molar-refractivity contribution in [2.45, 2.75) is 13.3 Å². The van der Waals surface area contributed by atoms with Gasteiger partial charge in [0.25, 0.3) is 11.8 Å². The second kappa shape index (κ2) is 8.93. The zero-order chi connectivity index (χ0) is 20.8. The van der Waals surface area contributed by atoms with Crippen molar-refractivity contribution in [3.8, 4) is 0 Å². The first-order valence-electron chi connectivity index (χ1n) is 9.12. The standard InChI is InChI=1S/C23H20N2O4/c1-16(26)2-11-21(27)15-24-19-7-3-17(4-8-19)14-18-5-9-20(10-6-18)25-22(28)12-13-23(25)29/h2-13,24H,14-15H2,1H3/b11-2-. The van der Waals surface area contributed by atoms with Crippen molar-refractivity contribution in [2.75, 3.05) is 16.8 Å². The summed E-state index contributed by atoms with van der Waals surface area (Å²) in [6, 6.07) is 15.0. The number of carbonyl (C=O) groups is 4. The molecule has 6 heteroatoms. The van der Waals surface area contributed by atoms with E-state index < -0.39 is 0 Å². The number of imide groups is 1. The predicted molar refractivity (Wildman–Crippen MR) is 111 cm³/mol. The minimum absolute atomic E-state index is 0.118. The summed E-state index contributed by atoms with van der Waals surface area (Å²) in [6.07, 6.45) is 5.75. The van der Waals surface area contributed by atoms with Gasteiger partial charge in [0.2, 0.25) is 0 Å². The Morgan fingerprint density at radius 1 is 0.862 bits per heavy atom. The van der Waals surface area contributed by atoms with E-state index >= 15 is 0 Å². The number of rotatable bonds is 8. The zero-order valence-electron chi connectivity index (χ0n) is 15.9. The van der Waals surface area contributed by atoms with Crippen molar-refractivity contribution in [3.63, 3.8) is 0 Å². The van der Waals surface area contributed by atoms with Gasteiger partial charge in [-0.2, -0.15) is 0 Å². The molecule has 1 N–H and O–H groups in total. The van der Waals surface area contributed by atoms with Crippen LogP contribution < -0.4 is 10.2 Å². The lowest BCUT2D eigenvalue weighted by Gasteiger charge is -2.14. The summed E-state index contributed by atoms with van der Waals surface area (Å²) < 4.78 is 0. The number of ketones is 2. The van der Waals surface area contributed by atoms with Crippen LogP contribution in [0.3, 0.4) is 0 Å². The maximum Gasteiger partial charge on any atom is 0.258 e. The van der Waals surface area contributed by atoms with Gasteiger partial charge in [-0.05, 0) is 60.9 Å². The largest absolute Gasteiger partial charge is 0.378 e. The third kappa shape index (κ3) is 5.35. The fraction of sp³-hybridized carbons (Fsp3) is 0.130. The first-order valence-corrected chi connectivity index (χ1v) is 9.12. The van der Waals surface area contributed by atoms with E-state index in [4.69, 9.17) is 0 Å². The Kier molecular flexibility index (Phi) is 6.14. The molecule has 0 spiro atoms. The molecular weight excluding hydrogens is 368 g/mol. The van der Waals surface area contributed by atoms with Gasteiger partial charge in [-0.25, -0.2) is 4.90 Å². The van der Waals surface area contributed by atoms with Crippen LogP contribution >= 0.6 is 0 Å². The van der Waals surface area contributed by atoms with E-state index in [9.17, 15) is 19.2 Å². The molecule has 0 radical (unpaired) electrons. The SMILES string of the molecule is CC(=O)/C=C\C(=O)CNc1ccc(Cc2ccc(N3C(=O)C=CC3=O)cc2)cc1. The van der Waals surface area contributed by atoms with Gasteiger partial charge in [0.1, 0.15) is 0 Å². The number of benzene rings is 2. The maximum absolute atomic E-state index is 11.7. The molecule has 0 fully saturated rings. The quantitative estimate of drug-likeness (QED) is 0.555. The van der Waals surface area contributed by atoms with Crippen LogP contribution in [-0.4, -0.2) is 29.9 Å². The van der Waals surface area contributed by atoms with Gasteiger partial charge < -0.3 is 5.32 Å². The molecule has 0 saturated heterocycles. The van der Waals surface area contributed by atoms with Crippen molar-refractivity contribution in [3.05, 3.63) is 84.0 Å². The topological polar surface area (TPSA) is 83.6 Å². The number of anilines is 2. The van der Waals surface area contributed by atoms with Crippen molar-refractivity contribution in [1.82, 2.24) is 0 Å². The molecule has 29 heavy (non-hydrogen) atoms. The highest BCUT2D eigenvalue weighted by atomic mass is 16.2. The first-order chi connectivity index (χ1) is 13.9. The summed E-state index contributed by atoms with van der Waals surface area (Å²) in [5, 5.41) is 3.02. The van der Waals surface area contributed by atoms with Gasteiger partial charge in [-0.1, -0.05) is 24.3 Å². The van der Waals surface area contributed by atoms with Crippen LogP contribution in [-0.2, 0) is 25.6 Å². The smallest absolute Gasteiger partial charge is 0.258 e. The van der Waals surface area contributed by atoms with Crippen molar-refractivity contribution < 1.29 is 19.2 Å². The van der Waals surface area contributed by atoms with E-state index in [0.29, 0.717) is 12.1 Å². The number of allylic oxidation sites excluding steroid dienone is 1. The lowest BCUT2D eigenvalue weighted by atomic mass is 10.0. The Labute approximate surface area is 168 Å². The lowest BCUT2D eigenvalue weighted by Crippen LogP contribution is -2.29. The molecule has 0 atom stereocenters. The van der Waals surface area contributed by atoms with Crippen LogP contribution in [0.4, 0.5) is 11.4 Å². The van der Waals surface area contributed by atoms with Crippen molar-refractivity contribution >= 4 is 34.8 Å². The highest BCUT2D eigenvalue weighted by Crippen LogP contribution is 2.21. The molecule has 0 unspecified atom stereocenters. The van der Waals surface area contributed by atoms with Crippen LogP contribution in [0.15, 0.2) is 72.8 Å². The summed E-state index contributed by atoms with van der Waals surface area (Å²) >= 11 is 0. The predicted octanol–water partition coefficient (Wildman–Crippen LogP) is 2.83. The van der Waals surface area contributed by atoms with Gasteiger partial charge in [0.15, 0.2) is 11.6 Å². The number of carbonyl (C=O) groups excluding carboxylic acids is 4. The minimum atomic E-state index is -0.332. The molecule has 1 heterocycles. The number of nitrogens with zero attached hydrogens (tertiary/aromatic N) is 1. The number of nitrogens with one attached hydrogen (secondary N) is 1. The highest BCUT2D eigenvalue weighted by Gasteiger charge is 2.24. The van der Waals surface area contributed by atoms with Crippen molar-refractivity contribution in [2.24, 2.45) is 0 Å². The monoisotopic (exact) mass is 388 g/mol. The molecule has 2 aromatic rings. The average molecular weight is 388 g/mol. The van der Waals surface area contributed by atoms with Gasteiger partial charge in [0.05, 0.1) is 12.2 Å². The summed E-state index contributed by atoms with van der Waals surface area (Å²) in [6.45, 7) is 1.51. The van der Waals surface area contributed by atoms with E-state index in [-0.39, 0.29) is 29.9 Å². The van der Waals surface area contributed by atoms with E-state index in [1.165, 1.54) is 31.2 Å². The van der Waals surface area contributed by atoms with E-state index in [2.05, 4.69) is 5.32 Å². The van der Waals surface area contributed by atoms with Crippen LogP contribution in [0, 0.1) is 0 Å². The molecule has 0 saturated carbocycles. The zero-order valence-corrected chi connectivity index (χ0v) is 15.9. The van der Waals surface area contributed by atoms with Gasteiger partial charge in [-0.3, -0.25) is 19.2 Å². The molecule has 0 bridgehead atoms. The van der Waals surface area contributed by atoms with Gasteiger partial charge in [0, 0.05) is 17.8 Å². The third-order valence-electron chi connectivity index (χ3n) is 4.34. The molecule has 0 aromatic heterocycles. The van der Waals surface area contributed by atoms with Crippen LogP contribution in [0.2, 0.25) is 0 Å². The minimum Gasteiger partial charge on any atom is -0.378 e. The Morgan fingerprint density at radius 3 is 1.97 bits per heavy atom. The Hall–Kier alpha value is -3.80. The summed E-state index contributed by atoms with van der Waals surface area (Å²) in [4.78, 5) is 47.1. The average Bonchev–Trinajstić information content (AvgIpc) is 3.05. The van der Waals surface area contributed by atoms with E-state index in [1.807, 2.05) is 36.4 Å². The Morgan fingerprint density at radius 2 is 1.41 bits per heavy atom. The molecular formula is C23H20N2O4. The first kappa shape index (κ1) is 19.9. The molecule has 6 nitrogen and oxygen atoms in total. The van der Waals surface area contributed by atoms with Crippen LogP contribution in [0.5, 0.6) is 0 Å². The normalized spacial score (nSPS) is 13.3. The maximum atomic E-state index is 11.7. The highest BCUT2D eigenvalue weighted by molar-refractivity contribution is 6.28. The molecule has 0 aliphatic carbocycles. The molecule has 146 valence electrons. The summed E-state index contributed by atoms with van der Waals surface area (Å²) in [5.74, 6) is -0.997. The third-order valence-corrected chi connectivity index (χ3v) is 4.34. The molecule has 1 aliphatic rings. The molecule has 2 aromatic carbocycles. The fourth-order valence-corrected chi connectivity index (χ4v) is 2.85. The molecule has 3 rings (SSSR count). The second-order valence-electron chi connectivity index (χ2n) is 6.65. The second-order valence-corrected chi connectivity index (χ2v) is 6.65. The Balaban J connectivity index is 1.56. The van der Waals surface area contributed by atoms with E-state index in [0.717, 1.165) is 21.7 Å². The number of hydrogen-bond donors (Lipinski definition) is 1. The number of amides is 2. The Bertz CT molecular complexity index is 984. The lowest BCUT2D eigenvalue weighted by molar-refractivity contribution is -0.120. The van der Waals surface area contributed by atoms with Crippen molar-refractivity contribution in [1.29, 1.82) is 0 Å². The summed E-state index contributed by atoms with van der Waals surface area (Å²) in [5.41, 5.74) is 3.50. The summed E-state index contributed by atoms with van der Waals surface area (Å²) in [7, 11) is 0. The van der Waals surface area contributed by atoms with Gasteiger partial charge in [-0.15, -0.1) is 0 Å².